The number of hydrogen-bond acceptors (Lipinski definition) is 9. The molecule has 0 saturated carbocycles. The zero-order valence-corrected chi connectivity index (χ0v) is 24.1. The standard InChI is InChI=1S/C32H28N4O5S/c1-21-27(34-32(41-21)29-10-7-15-38-29)19-39-28-14-11-23(16-30(28)37-3)18-40-31-24(12-13-25-20-42-22(2)33-25)17-36(35-31)26-8-5-4-6-9-26/h4-17,20H,18-19H2,1-3H3/b13-12-. The van der Waals surface area contributed by atoms with Crippen LogP contribution in [0, 0.1) is 13.8 Å². The van der Waals surface area contributed by atoms with Crippen LogP contribution in [0.1, 0.15) is 33.3 Å². The van der Waals surface area contributed by atoms with Crippen LogP contribution in [-0.2, 0) is 13.2 Å². The van der Waals surface area contributed by atoms with Gasteiger partial charge in [0, 0.05) is 11.6 Å². The predicted octanol–water partition coefficient (Wildman–Crippen LogP) is 7.53. The average Bonchev–Trinajstić information content (AvgIpc) is 3.82. The Labute approximate surface area is 246 Å². The molecule has 0 aliphatic carbocycles. The maximum Gasteiger partial charge on any atom is 0.263 e. The maximum atomic E-state index is 6.21. The Kier molecular flexibility index (Phi) is 7.87. The first-order chi connectivity index (χ1) is 20.6. The maximum absolute atomic E-state index is 6.21. The summed E-state index contributed by atoms with van der Waals surface area (Å²) in [5.41, 5.74) is 4.25. The molecule has 0 aliphatic rings. The predicted molar refractivity (Wildman–Crippen MR) is 160 cm³/mol. The fourth-order valence-corrected chi connectivity index (χ4v) is 4.81. The summed E-state index contributed by atoms with van der Waals surface area (Å²) in [5, 5.41) is 7.75. The van der Waals surface area contributed by atoms with Crippen LogP contribution in [0.2, 0.25) is 0 Å². The lowest BCUT2D eigenvalue weighted by molar-refractivity contribution is 0.275. The lowest BCUT2D eigenvalue weighted by atomic mass is 10.2. The van der Waals surface area contributed by atoms with Gasteiger partial charge in [0.25, 0.3) is 5.89 Å². The molecular formula is C32H28N4O5S. The largest absolute Gasteiger partial charge is 0.493 e. The molecule has 0 fully saturated rings. The second-order valence-corrected chi connectivity index (χ2v) is 10.4. The van der Waals surface area contributed by atoms with Crippen LogP contribution < -0.4 is 14.2 Å². The molecule has 0 unspecified atom stereocenters. The molecule has 6 aromatic rings. The molecule has 4 heterocycles. The number of hydrogen-bond donors (Lipinski definition) is 0. The van der Waals surface area contributed by atoms with Gasteiger partial charge in [0.15, 0.2) is 17.3 Å². The lowest BCUT2D eigenvalue weighted by Gasteiger charge is -2.12. The molecule has 0 N–H and O–H groups in total. The van der Waals surface area contributed by atoms with Crippen LogP contribution in [0.15, 0.2) is 87.3 Å². The second kappa shape index (κ2) is 12.2. The highest BCUT2D eigenvalue weighted by molar-refractivity contribution is 7.09. The van der Waals surface area contributed by atoms with Crippen LogP contribution in [0.5, 0.6) is 17.4 Å². The Morgan fingerprint density at radius 3 is 2.57 bits per heavy atom. The quantitative estimate of drug-likeness (QED) is 0.155. The minimum absolute atomic E-state index is 0.216. The molecule has 0 spiro atoms. The number of furan rings is 1. The highest BCUT2D eigenvalue weighted by Crippen LogP contribution is 2.31. The summed E-state index contributed by atoms with van der Waals surface area (Å²) in [4.78, 5) is 9.02. The van der Waals surface area contributed by atoms with Gasteiger partial charge in [0.05, 0.1) is 35.3 Å². The van der Waals surface area contributed by atoms with E-state index in [1.807, 2.05) is 90.8 Å². The number of methoxy groups -OCH3 is 1. The number of para-hydroxylation sites is 1. The van der Waals surface area contributed by atoms with E-state index >= 15 is 0 Å². The average molecular weight is 581 g/mol. The normalized spacial score (nSPS) is 11.3. The van der Waals surface area contributed by atoms with E-state index in [9.17, 15) is 0 Å². The molecule has 0 atom stereocenters. The summed E-state index contributed by atoms with van der Waals surface area (Å²) < 4.78 is 30.8. The highest BCUT2D eigenvalue weighted by Gasteiger charge is 2.16. The lowest BCUT2D eigenvalue weighted by Crippen LogP contribution is -2.02. The summed E-state index contributed by atoms with van der Waals surface area (Å²) in [7, 11) is 1.60. The zero-order chi connectivity index (χ0) is 28.9. The molecule has 0 radical (unpaired) electrons. The van der Waals surface area contributed by atoms with Gasteiger partial charge in [0.2, 0.25) is 5.88 Å². The van der Waals surface area contributed by atoms with Crippen molar-refractivity contribution < 1.29 is 23.0 Å². The monoisotopic (exact) mass is 580 g/mol. The van der Waals surface area contributed by atoms with Crippen molar-refractivity contribution in [2.75, 3.05) is 7.11 Å². The first-order valence-corrected chi connectivity index (χ1v) is 14.1. The molecule has 9 nitrogen and oxygen atoms in total. The van der Waals surface area contributed by atoms with Gasteiger partial charge in [-0.1, -0.05) is 24.3 Å². The smallest absolute Gasteiger partial charge is 0.263 e. The van der Waals surface area contributed by atoms with Gasteiger partial charge in [-0.05, 0) is 68.0 Å². The van der Waals surface area contributed by atoms with Crippen molar-refractivity contribution in [2.45, 2.75) is 27.1 Å². The Morgan fingerprint density at radius 2 is 1.81 bits per heavy atom. The Balaban J connectivity index is 1.17. The first-order valence-electron chi connectivity index (χ1n) is 13.2. The van der Waals surface area contributed by atoms with Crippen molar-refractivity contribution in [2.24, 2.45) is 0 Å². The van der Waals surface area contributed by atoms with E-state index in [0.717, 1.165) is 27.5 Å². The zero-order valence-electron chi connectivity index (χ0n) is 23.3. The third kappa shape index (κ3) is 6.13. The third-order valence-corrected chi connectivity index (χ3v) is 7.18. The molecule has 212 valence electrons. The molecule has 0 aliphatic heterocycles. The molecule has 2 aromatic carbocycles. The van der Waals surface area contributed by atoms with E-state index in [0.29, 0.717) is 40.5 Å². The Hall–Kier alpha value is -5.09. The van der Waals surface area contributed by atoms with E-state index in [2.05, 4.69) is 9.97 Å². The van der Waals surface area contributed by atoms with Gasteiger partial charge in [-0.3, -0.25) is 0 Å². The van der Waals surface area contributed by atoms with E-state index < -0.39 is 0 Å². The number of benzene rings is 2. The van der Waals surface area contributed by atoms with Crippen molar-refractivity contribution in [1.82, 2.24) is 19.7 Å². The van der Waals surface area contributed by atoms with E-state index in [4.69, 9.17) is 28.1 Å². The molecule has 0 saturated heterocycles. The van der Waals surface area contributed by atoms with Crippen LogP contribution >= 0.6 is 11.3 Å². The number of thiazole rings is 1. The topological polar surface area (TPSA) is 97.6 Å². The van der Waals surface area contributed by atoms with Crippen molar-refractivity contribution >= 4 is 23.5 Å². The molecule has 0 bridgehead atoms. The SMILES string of the molecule is COc1cc(COc2nn(-c3ccccc3)cc2/C=C\c2csc(C)n2)ccc1OCc1nc(-c2ccco2)oc1C. The number of rotatable bonds is 11. The van der Waals surface area contributed by atoms with Crippen LogP contribution in [0.3, 0.4) is 0 Å². The van der Waals surface area contributed by atoms with Crippen molar-refractivity contribution in [1.29, 1.82) is 0 Å². The van der Waals surface area contributed by atoms with Crippen molar-refractivity contribution in [3.8, 4) is 34.7 Å². The summed E-state index contributed by atoms with van der Waals surface area (Å²) in [6.45, 7) is 4.33. The van der Waals surface area contributed by atoms with Gasteiger partial charge in [0.1, 0.15) is 24.7 Å². The van der Waals surface area contributed by atoms with Crippen LogP contribution in [0.4, 0.5) is 0 Å². The summed E-state index contributed by atoms with van der Waals surface area (Å²) in [6.07, 6.45) is 7.46. The molecule has 42 heavy (non-hydrogen) atoms. The Morgan fingerprint density at radius 1 is 0.929 bits per heavy atom. The summed E-state index contributed by atoms with van der Waals surface area (Å²) in [5.74, 6) is 3.32. The first kappa shape index (κ1) is 27.1. The molecule has 4 aromatic heterocycles. The van der Waals surface area contributed by atoms with Gasteiger partial charge >= 0.3 is 0 Å². The number of oxazole rings is 1. The van der Waals surface area contributed by atoms with E-state index in [-0.39, 0.29) is 13.2 Å². The van der Waals surface area contributed by atoms with E-state index in [1.165, 1.54) is 0 Å². The summed E-state index contributed by atoms with van der Waals surface area (Å²) in [6, 6.07) is 19.2. The number of nitrogens with zero attached hydrogens (tertiary/aromatic N) is 4. The molecule has 6 rings (SSSR count). The highest BCUT2D eigenvalue weighted by atomic mass is 32.1. The third-order valence-electron chi connectivity index (χ3n) is 6.39. The van der Waals surface area contributed by atoms with E-state index in [1.54, 1.807) is 36.8 Å². The fourth-order valence-electron chi connectivity index (χ4n) is 4.23. The van der Waals surface area contributed by atoms with Gasteiger partial charge in [-0.25, -0.2) is 14.6 Å². The minimum Gasteiger partial charge on any atom is -0.493 e. The number of aromatic nitrogens is 4. The van der Waals surface area contributed by atoms with Gasteiger partial charge in [-0.2, -0.15) is 0 Å². The molecule has 0 amide bonds. The number of aryl methyl sites for hydroxylation is 2. The Bertz CT molecular complexity index is 1800. The van der Waals surface area contributed by atoms with Crippen LogP contribution in [0.25, 0.3) is 29.5 Å². The molecule has 10 heteroatoms. The second-order valence-electron chi connectivity index (χ2n) is 9.36. The van der Waals surface area contributed by atoms with Crippen LogP contribution in [-0.4, -0.2) is 26.9 Å². The fraction of sp³-hybridized carbons (Fsp3) is 0.156. The van der Waals surface area contributed by atoms with Gasteiger partial charge < -0.3 is 23.0 Å². The van der Waals surface area contributed by atoms with Gasteiger partial charge in [-0.15, -0.1) is 16.4 Å². The molecular weight excluding hydrogens is 552 g/mol. The van der Waals surface area contributed by atoms with Crippen molar-refractivity contribution in [3.05, 3.63) is 112 Å². The number of ether oxygens (including phenoxy) is 3. The van der Waals surface area contributed by atoms with Crippen molar-refractivity contribution in [3.63, 3.8) is 0 Å². The minimum atomic E-state index is 0.216. The summed E-state index contributed by atoms with van der Waals surface area (Å²) >= 11 is 1.61.